The molecule has 0 amide bonds. The van der Waals surface area contributed by atoms with E-state index in [1.165, 1.54) is 4.68 Å². The number of rotatable bonds is 5. The number of nitrogens with zero attached hydrogens (tertiary/aromatic N) is 2. The fraction of sp³-hybridized carbons (Fsp3) is 0.667. The molecule has 0 aliphatic heterocycles. The fourth-order valence-electron chi connectivity index (χ4n) is 1.41. The standard InChI is InChI=1S/C12H21N3O/c1-12(2,3)13-8-4-5-10-15-11(16)7-6-9-14-15/h6-7,9,13H,4-5,8,10H2,1-3H3. The molecule has 1 aromatic heterocycles. The second-order valence-corrected chi connectivity index (χ2v) is 4.97. The van der Waals surface area contributed by atoms with E-state index in [2.05, 4.69) is 31.2 Å². The molecule has 4 nitrogen and oxygen atoms in total. The van der Waals surface area contributed by atoms with Crippen LogP contribution in [-0.4, -0.2) is 21.9 Å². The largest absolute Gasteiger partial charge is 0.312 e. The van der Waals surface area contributed by atoms with Crippen LogP contribution in [0.2, 0.25) is 0 Å². The molecule has 0 bridgehead atoms. The Morgan fingerprint density at radius 1 is 1.38 bits per heavy atom. The van der Waals surface area contributed by atoms with Gasteiger partial charge in [-0.3, -0.25) is 4.79 Å². The molecule has 1 heterocycles. The third-order valence-electron chi connectivity index (χ3n) is 2.24. The molecule has 0 aromatic carbocycles. The van der Waals surface area contributed by atoms with Crippen molar-refractivity contribution in [2.45, 2.75) is 45.7 Å². The SMILES string of the molecule is CC(C)(C)NCCCCn1ncccc1=O. The highest BCUT2D eigenvalue weighted by atomic mass is 16.1. The molecule has 0 spiro atoms. The monoisotopic (exact) mass is 223 g/mol. The van der Waals surface area contributed by atoms with E-state index in [1.807, 2.05) is 0 Å². The summed E-state index contributed by atoms with van der Waals surface area (Å²) in [5, 5.41) is 7.42. The molecule has 0 radical (unpaired) electrons. The Labute approximate surface area is 96.7 Å². The van der Waals surface area contributed by atoms with Crippen LogP contribution in [0.3, 0.4) is 0 Å². The lowest BCUT2D eigenvalue weighted by Crippen LogP contribution is -2.36. The molecule has 0 aliphatic carbocycles. The van der Waals surface area contributed by atoms with E-state index in [-0.39, 0.29) is 11.1 Å². The Balaban J connectivity index is 2.22. The molecular formula is C12H21N3O. The maximum Gasteiger partial charge on any atom is 0.266 e. The van der Waals surface area contributed by atoms with Crippen molar-refractivity contribution in [2.24, 2.45) is 0 Å². The summed E-state index contributed by atoms with van der Waals surface area (Å²) in [6.45, 7) is 8.12. The van der Waals surface area contributed by atoms with Gasteiger partial charge in [0.15, 0.2) is 0 Å². The van der Waals surface area contributed by atoms with Crippen LogP contribution < -0.4 is 10.9 Å². The number of aryl methyl sites for hydroxylation is 1. The Morgan fingerprint density at radius 2 is 2.12 bits per heavy atom. The summed E-state index contributed by atoms with van der Waals surface area (Å²) in [6, 6.07) is 3.21. The second kappa shape index (κ2) is 5.80. The molecule has 0 fully saturated rings. The number of aromatic nitrogens is 2. The average Bonchev–Trinajstić information content (AvgIpc) is 2.18. The van der Waals surface area contributed by atoms with E-state index in [4.69, 9.17) is 0 Å². The molecule has 0 saturated heterocycles. The summed E-state index contributed by atoms with van der Waals surface area (Å²) >= 11 is 0. The van der Waals surface area contributed by atoms with Crippen molar-refractivity contribution in [3.63, 3.8) is 0 Å². The molecular weight excluding hydrogens is 202 g/mol. The first kappa shape index (κ1) is 12.9. The van der Waals surface area contributed by atoms with Crippen LogP contribution in [0.5, 0.6) is 0 Å². The highest BCUT2D eigenvalue weighted by Crippen LogP contribution is 1.99. The van der Waals surface area contributed by atoms with Gasteiger partial charge in [0, 0.05) is 24.3 Å². The second-order valence-electron chi connectivity index (χ2n) is 4.97. The van der Waals surface area contributed by atoms with Crippen LogP contribution >= 0.6 is 0 Å². The molecule has 16 heavy (non-hydrogen) atoms. The highest BCUT2D eigenvalue weighted by Gasteiger charge is 2.06. The van der Waals surface area contributed by atoms with Crippen molar-refractivity contribution in [1.29, 1.82) is 0 Å². The Hall–Kier alpha value is -1.16. The summed E-state index contributed by atoms with van der Waals surface area (Å²) in [5.41, 5.74) is 0.147. The van der Waals surface area contributed by atoms with E-state index in [1.54, 1.807) is 18.3 Å². The first-order valence-electron chi connectivity index (χ1n) is 5.76. The van der Waals surface area contributed by atoms with Gasteiger partial charge in [0.25, 0.3) is 5.56 Å². The first-order valence-corrected chi connectivity index (χ1v) is 5.76. The van der Waals surface area contributed by atoms with Gasteiger partial charge < -0.3 is 5.32 Å². The van der Waals surface area contributed by atoms with Gasteiger partial charge in [-0.05, 0) is 46.2 Å². The van der Waals surface area contributed by atoms with Gasteiger partial charge in [0.05, 0.1) is 0 Å². The number of nitrogens with one attached hydrogen (secondary N) is 1. The summed E-state index contributed by atoms with van der Waals surface area (Å²) in [5.74, 6) is 0. The van der Waals surface area contributed by atoms with E-state index >= 15 is 0 Å². The minimum Gasteiger partial charge on any atom is -0.312 e. The quantitative estimate of drug-likeness (QED) is 0.768. The topological polar surface area (TPSA) is 46.9 Å². The number of hydrogen-bond acceptors (Lipinski definition) is 3. The minimum absolute atomic E-state index is 0.0220. The smallest absolute Gasteiger partial charge is 0.266 e. The van der Waals surface area contributed by atoms with E-state index in [0.29, 0.717) is 6.54 Å². The summed E-state index contributed by atoms with van der Waals surface area (Å²) in [7, 11) is 0. The van der Waals surface area contributed by atoms with Gasteiger partial charge in [-0.15, -0.1) is 0 Å². The molecule has 0 atom stereocenters. The highest BCUT2D eigenvalue weighted by molar-refractivity contribution is 4.84. The van der Waals surface area contributed by atoms with Crippen molar-refractivity contribution in [1.82, 2.24) is 15.1 Å². The van der Waals surface area contributed by atoms with Crippen molar-refractivity contribution in [3.05, 3.63) is 28.7 Å². The molecule has 1 aromatic rings. The Bertz CT molecular complexity index is 365. The van der Waals surface area contributed by atoms with Gasteiger partial charge in [-0.25, -0.2) is 4.68 Å². The maximum atomic E-state index is 11.3. The van der Waals surface area contributed by atoms with Crippen molar-refractivity contribution >= 4 is 0 Å². The predicted molar refractivity (Wildman–Crippen MR) is 65.5 cm³/mol. The lowest BCUT2D eigenvalue weighted by molar-refractivity contribution is 0.410. The van der Waals surface area contributed by atoms with Crippen molar-refractivity contribution in [3.8, 4) is 0 Å². The maximum absolute atomic E-state index is 11.3. The summed E-state index contributed by atoms with van der Waals surface area (Å²) < 4.78 is 1.51. The van der Waals surface area contributed by atoms with Gasteiger partial charge in [0.1, 0.15) is 0 Å². The Morgan fingerprint density at radius 3 is 2.75 bits per heavy atom. The van der Waals surface area contributed by atoms with Gasteiger partial charge in [0.2, 0.25) is 0 Å². The number of unbranched alkanes of at least 4 members (excludes halogenated alkanes) is 1. The zero-order valence-corrected chi connectivity index (χ0v) is 10.4. The predicted octanol–water partition coefficient (Wildman–Crippen LogP) is 1.41. The number of hydrogen-bond donors (Lipinski definition) is 1. The molecule has 0 aliphatic rings. The fourth-order valence-corrected chi connectivity index (χ4v) is 1.41. The van der Waals surface area contributed by atoms with Crippen molar-refractivity contribution in [2.75, 3.05) is 6.54 Å². The molecule has 1 N–H and O–H groups in total. The first-order chi connectivity index (χ1) is 7.49. The molecule has 90 valence electrons. The average molecular weight is 223 g/mol. The van der Waals surface area contributed by atoms with E-state index < -0.39 is 0 Å². The third kappa shape index (κ3) is 5.07. The van der Waals surface area contributed by atoms with Crippen LogP contribution in [0.1, 0.15) is 33.6 Å². The minimum atomic E-state index is -0.0220. The lowest BCUT2D eigenvalue weighted by atomic mass is 10.1. The van der Waals surface area contributed by atoms with Crippen molar-refractivity contribution < 1.29 is 0 Å². The van der Waals surface area contributed by atoms with Crippen LogP contribution in [0.25, 0.3) is 0 Å². The molecule has 0 saturated carbocycles. The third-order valence-corrected chi connectivity index (χ3v) is 2.24. The summed E-state index contributed by atoms with van der Waals surface area (Å²) in [4.78, 5) is 11.3. The van der Waals surface area contributed by atoms with Crippen LogP contribution in [0.4, 0.5) is 0 Å². The molecule has 1 rings (SSSR count). The van der Waals surface area contributed by atoms with Crippen LogP contribution in [0.15, 0.2) is 23.1 Å². The van der Waals surface area contributed by atoms with E-state index in [9.17, 15) is 4.79 Å². The molecule has 0 unspecified atom stereocenters. The normalized spacial score (nSPS) is 11.7. The molecule has 4 heteroatoms. The zero-order valence-electron chi connectivity index (χ0n) is 10.4. The van der Waals surface area contributed by atoms with Gasteiger partial charge in [-0.1, -0.05) is 0 Å². The zero-order chi connectivity index (χ0) is 12.0. The summed E-state index contributed by atoms with van der Waals surface area (Å²) in [6.07, 6.45) is 3.68. The van der Waals surface area contributed by atoms with E-state index in [0.717, 1.165) is 19.4 Å². The lowest BCUT2D eigenvalue weighted by Gasteiger charge is -2.20. The van der Waals surface area contributed by atoms with Crippen LogP contribution in [-0.2, 0) is 6.54 Å². The Kier molecular flexibility index (Phi) is 4.68. The van der Waals surface area contributed by atoms with Crippen LogP contribution in [0, 0.1) is 0 Å². The van der Waals surface area contributed by atoms with Gasteiger partial charge >= 0.3 is 0 Å². The van der Waals surface area contributed by atoms with Gasteiger partial charge in [-0.2, -0.15) is 5.10 Å².